The van der Waals surface area contributed by atoms with E-state index in [2.05, 4.69) is 228 Å². The quantitative estimate of drug-likeness (QED) is 0.173. The Morgan fingerprint density at radius 3 is 1.48 bits per heavy atom. The van der Waals surface area contributed by atoms with Crippen LogP contribution in [0.1, 0.15) is 22.3 Å². The third-order valence-electron chi connectivity index (χ3n) is 14.8. The molecule has 0 amide bonds. The highest BCUT2D eigenvalue weighted by Crippen LogP contribution is 2.63. The number of hydrogen-bond donors (Lipinski definition) is 0. The zero-order valence-corrected chi connectivity index (χ0v) is 37.3. The summed E-state index contributed by atoms with van der Waals surface area (Å²) in [6.45, 7) is 0. The van der Waals surface area contributed by atoms with Gasteiger partial charge in [0.15, 0.2) is 17.5 Å². The van der Waals surface area contributed by atoms with E-state index in [0.29, 0.717) is 17.5 Å². The van der Waals surface area contributed by atoms with Crippen LogP contribution >= 0.6 is 0 Å². The first-order valence-corrected chi connectivity index (χ1v) is 23.6. The minimum Gasteiger partial charge on any atom is -0.309 e. The van der Waals surface area contributed by atoms with Gasteiger partial charge in [-0.05, 0) is 99.1 Å². The molecule has 0 unspecified atom stereocenters. The summed E-state index contributed by atoms with van der Waals surface area (Å²) in [5.74, 6) is 1.90. The van der Waals surface area contributed by atoms with E-state index in [1.54, 1.807) is 0 Å². The molecule has 13 aromatic rings. The lowest BCUT2D eigenvalue weighted by molar-refractivity contribution is 0.794. The van der Waals surface area contributed by atoms with Crippen molar-refractivity contribution in [1.82, 2.24) is 24.1 Å². The molecule has 5 heteroatoms. The minimum absolute atomic E-state index is 0.472. The second-order valence-electron chi connectivity index (χ2n) is 18.2. The van der Waals surface area contributed by atoms with Gasteiger partial charge in [0.05, 0.1) is 27.5 Å². The van der Waals surface area contributed by atoms with Gasteiger partial charge >= 0.3 is 0 Å². The van der Waals surface area contributed by atoms with Crippen LogP contribution in [0.15, 0.2) is 237 Å². The van der Waals surface area contributed by atoms with Crippen molar-refractivity contribution in [2.24, 2.45) is 0 Å². The third-order valence-corrected chi connectivity index (χ3v) is 14.8. The lowest BCUT2D eigenvalue weighted by Gasteiger charge is -2.30. The normalized spacial score (nSPS) is 13.0. The van der Waals surface area contributed by atoms with Crippen molar-refractivity contribution in [3.8, 4) is 67.8 Å². The van der Waals surface area contributed by atoms with Gasteiger partial charge in [0.2, 0.25) is 0 Å². The third kappa shape index (κ3) is 5.21. The maximum absolute atomic E-state index is 5.41. The summed E-state index contributed by atoms with van der Waals surface area (Å²) >= 11 is 0. The summed E-state index contributed by atoms with van der Waals surface area (Å²) in [5, 5.41) is 4.91. The van der Waals surface area contributed by atoms with Gasteiger partial charge in [-0.3, -0.25) is 0 Å². The molecule has 3 aromatic heterocycles. The molecule has 0 saturated carbocycles. The van der Waals surface area contributed by atoms with E-state index in [1.165, 1.54) is 71.5 Å². The molecule has 320 valence electrons. The monoisotopic (exact) mass is 877 g/mol. The Hall–Kier alpha value is -9.19. The predicted molar refractivity (Wildman–Crippen MR) is 281 cm³/mol. The summed E-state index contributed by atoms with van der Waals surface area (Å²) in [7, 11) is 0. The van der Waals surface area contributed by atoms with E-state index < -0.39 is 5.41 Å². The Morgan fingerprint density at radius 2 is 0.783 bits per heavy atom. The Kier molecular flexibility index (Phi) is 7.93. The van der Waals surface area contributed by atoms with E-state index >= 15 is 0 Å². The summed E-state index contributed by atoms with van der Waals surface area (Å²) in [5.41, 5.74) is 19.3. The smallest absolute Gasteiger partial charge is 0.164 e. The first-order valence-electron chi connectivity index (χ1n) is 23.6. The highest BCUT2D eigenvalue weighted by molar-refractivity contribution is 6.26. The average molecular weight is 878 g/mol. The second kappa shape index (κ2) is 14.4. The molecular formula is C64H39N5. The van der Waals surface area contributed by atoms with Crippen LogP contribution in [-0.4, -0.2) is 24.1 Å². The van der Waals surface area contributed by atoms with E-state index in [4.69, 9.17) is 15.0 Å². The molecule has 0 bridgehead atoms. The van der Waals surface area contributed by atoms with Crippen LogP contribution in [-0.2, 0) is 5.41 Å². The largest absolute Gasteiger partial charge is 0.309 e. The Labute approximate surface area is 397 Å². The lowest BCUT2D eigenvalue weighted by Crippen LogP contribution is -2.25. The summed E-state index contributed by atoms with van der Waals surface area (Å²) in [4.78, 5) is 16.0. The summed E-state index contributed by atoms with van der Waals surface area (Å²) in [6, 6.07) is 85.3. The van der Waals surface area contributed by atoms with Crippen molar-refractivity contribution >= 4 is 43.6 Å². The number of fused-ring (bicyclic) bond motifs is 17. The highest BCUT2D eigenvalue weighted by atomic mass is 15.0. The van der Waals surface area contributed by atoms with E-state index in [1.807, 2.05) is 18.2 Å². The lowest BCUT2D eigenvalue weighted by atomic mass is 9.70. The number of benzene rings is 10. The van der Waals surface area contributed by atoms with Gasteiger partial charge in [-0.25, -0.2) is 15.0 Å². The Morgan fingerprint density at radius 1 is 0.290 bits per heavy atom. The summed E-state index contributed by atoms with van der Waals surface area (Å²) in [6.07, 6.45) is 0. The first-order chi connectivity index (χ1) is 34.3. The maximum atomic E-state index is 5.41. The fourth-order valence-electron chi connectivity index (χ4n) is 12.1. The van der Waals surface area contributed by atoms with Crippen molar-refractivity contribution in [1.29, 1.82) is 0 Å². The van der Waals surface area contributed by atoms with Crippen LogP contribution in [0, 0.1) is 0 Å². The van der Waals surface area contributed by atoms with Gasteiger partial charge in [-0.1, -0.05) is 182 Å². The van der Waals surface area contributed by atoms with Crippen LogP contribution in [0.25, 0.3) is 111 Å². The van der Waals surface area contributed by atoms with Gasteiger partial charge in [0.1, 0.15) is 0 Å². The second-order valence-corrected chi connectivity index (χ2v) is 18.2. The number of nitrogens with zero attached hydrogens (tertiary/aromatic N) is 5. The van der Waals surface area contributed by atoms with Crippen LogP contribution < -0.4 is 0 Å². The molecule has 0 fully saturated rings. The molecule has 1 spiro atoms. The molecular weight excluding hydrogens is 839 g/mol. The van der Waals surface area contributed by atoms with Crippen molar-refractivity contribution < 1.29 is 0 Å². The van der Waals surface area contributed by atoms with Crippen molar-refractivity contribution in [3.63, 3.8) is 0 Å². The molecule has 3 heterocycles. The SMILES string of the molecule is c1ccc(-c2nc(-c3ccc(-n4c5ccccc5c5c4ccc4c6ccccc6n(-c6ccccc6)c45)cc3)nc(-c3cccc4c3-c3ccccc3C43c4ccccc4-c4ccccc43)n2)cc1. The Balaban J connectivity index is 0.919. The first kappa shape index (κ1) is 38.0. The molecule has 0 saturated heterocycles. The van der Waals surface area contributed by atoms with Crippen LogP contribution in [0.5, 0.6) is 0 Å². The molecule has 5 nitrogen and oxygen atoms in total. The van der Waals surface area contributed by atoms with Gasteiger partial charge in [-0.2, -0.15) is 0 Å². The number of aromatic nitrogens is 5. The predicted octanol–water partition coefficient (Wildman–Crippen LogP) is 15.4. The molecule has 10 aromatic carbocycles. The Bertz CT molecular complexity index is 4190. The van der Waals surface area contributed by atoms with Gasteiger partial charge in [0.25, 0.3) is 0 Å². The van der Waals surface area contributed by atoms with Crippen LogP contribution in [0.4, 0.5) is 0 Å². The molecule has 0 N–H and O–H groups in total. The number of rotatable bonds is 5. The van der Waals surface area contributed by atoms with Crippen molar-refractivity contribution in [2.75, 3.05) is 0 Å². The molecule has 15 rings (SSSR count). The van der Waals surface area contributed by atoms with Gasteiger partial charge in [0, 0.05) is 49.6 Å². The van der Waals surface area contributed by atoms with E-state index in [0.717, 1.165) is 44.7 Å². The topological polar surface area (TPSA) is 48.5 Å². The van der Waals surface area contributed by atoms with Crippen molar-refractivity contribution in [3.05, 3.63) is 259 Å². The number of hydrogen-bond acceptors (Lipinski definition) is 3. The summed E-state index contributed by atoms with van der Waals surface area (Å²) < 4.78 is 4.83. The molecule has 2 aliphatic rings. The molecule has 69 heavy (non-hydrogen) atoms. The van der Waals surface area contributed by atoms with E-state index in [-0.39, 0.29) is 0 Å². The fourth-order valence-corrected chi connectivity index (χ4v) is 12.1. The fraction of sp³-hybridized carbons (Fsp3) is 0.0156. The minimum atomic E-state index is -0.472. The highest BCUT2D eigenvalue weighted by Gasteiger charge is 2.52. The zero-order chi connectivity index (χ0) is 45.2. The molecule has 0 radical (unpaired) electrons. The zero-order valence-electron chi connectivity index (χ0n) is 37.3. The average Bonchev–Trinajstić information content (AvgIpc) is 4.14. The molecule has 0 aliphatic heterocycles. The standard InChI is InChI=1S/C64H39N5/c1-3-18-40(19-4-1)61-65-62(67-63(66-61)50-27-17-31-54-58(50)48-25-9-14-30-53(48)64(54)51-28-12-7-22-44(51)45-23-8-13-29-52(45)64)41-34-36-43(37-35-41)68-56-33-16-11-26-49(56)59-57(68)39-38-47-46-24-10-15-32-55(46)69(60(47)59)42-20-5-2-6-21-42/h1-39H. The number of para-hydroxylation sites is 3. The van der Waals surface area contributed by atoms with Crippen molar-refractivity contribution in [2.45, 2.75) is 5.41 Å². The van der Waals surface area contributed by atoms with Gasteiger partial charge < -0.3 is 9.13 Å². The van der Waals surface area contributed by atoms with Crippen LogP contribution in [0.2, 0.25) is 0 Å². The maximum Gasteiger partial charge on any atom is 0.164 e. The molecule has 0 atom stereocenters. The van der Waals surface area contributed by atoms with Crippen LogP contribution in [0.3, 0.4) is 0 Å². The van der Waals surface area contributed by atoms with Gasteiger partial charge in [-0.15, -0.1) is 0 Å². The molecule has 2 aliphatic carbocycles. The van der Waals surface area contributed by atoms with E-state index in [9.17, 15) is 0 Å².